The van der Waals surface area contributed by atoms with Gasteiger partial charge in [0, 0.05) is 16.7 Å². The maximum atomic E-state index is 5.36. The van der Waals surface area contributed by atoms with Gasteiger partial charge in [0.25, 0.3) is 5.19 Å². The highest BCUT2D eigenvalue weighted by atomic mass is 79.9. The number of fused-ring (bicyclic) bond motifs is 1. The molecule has 0 N–H and O–H groups in total. The fourth-order valence-corrected chi connectivity index (χ4v) is 3.42. The molecule has 0 saturated carbocycles. The molecule has 1 aromatic heterocycles. The Balaban J connectivity index is 1.75. The second-order valence-corrected chi connectivity index (χ2v) is 6.28. The second kappa shape index (κ2) is 5.46. The molecular weight excluding hydrogens is 326 g/mol. The Morgan fingerprint density at radius 2 is 2.32 bits per heavy atom. The third-order valence-electron chi connectivity index (χ3n) is 3.08. The largest absolute Gasteiger partial charge is 0.469 e. The molecule has 3 rings (SSSR count). The van der Waals surface area contributed by atoms with Gasteiger partial charge in [0.1, 0.15) is 5.01 Å². The zero-order chi connectivity index (χ0) is 13.2. The van der Waals surface area contributed by atoms with Crippen LogP contribution in [0.2, 0.25) is 0 Å². The van der Waals surface area contributed by atoms with E-state index in [2.05, 4.69) is 49.2 Å². The summed E-state index contributed by atoms with van der Waals surface area (Å²) >= 11 is 5.04. The monoisotopic (exact) mass is 339 g/mol. The fraction of sp³-hybridized carbons (Fsp3) is 0.385. The summed E-state index contributed by atoms with van der Waals surface area (Å²) in [7, 11) is 0. The topological polar surface area (TPSA) is 38.3 Å². The smallest absolute Gasteiger partial charge is 0.294 e. The first-order valence-corrected chi connectivity index (χ1v) is 7.86. The van der Waals surface area contributed by atoms with Crippen LogP contribution in [0.25, 0.3) is 0 Å². The average molecular weight is 340 g/mol. The standard InChI is InChI=1S/C13H14BrN3OS/c1-2-18-13-16-15-12(19-13)8-17-6-5-9-7-10(14)3-4-11(9)17/h3-4,7H,2,5-6,8H2,1H3. The highest BCUT2D eigenvalue weighted by Gasteiger charge is 2.20. The van der Waals surface area contributed by atoms with E-state index in [1.165, 1.54) is 22.6 Å². The van der Waals surface area contributed by atoms with E-state index >= 15 is 0 Å². The summed E-state index contributed by atoms with van der Waals surface area (Å²) in [6.07, 6.45) is 1.09. The third-order valence-corrected chi connectivity index (χ3v) is 4.39. The lowest BCUT2D eigenvalue weighted by atomic mass is 10.2. The van der Waals surface area contributed by atoms with Crippen LogP contribution in [0.5, 0.6) is 5.19 Å². The molecule has 0 unspecified atom stereocenters. The average Bonchev–Trinajstić information content (AvgIpc) is 2.98. The van der Waals surface area contributed by atoms with Gasteiger partial charge in [-0.25, -0.2) is 0 Å². The zero-order valence-corrected chi connectivity index (χ0v) is 13.0. The van der Waals surface area contributed by atoms with E-state index in [0.29, 0.717) is 11.8 Å². The van der Waals surface area contributed by atoms with E-state index in [9.17, 15) is 0 Å². The minimum atomic E-state index is 0.634. The minimum absolute atomic E-state index is 0.634. The fourth-order valence-electron chi connectivity index (χ4n) is 2.25. The van der Waals surface area contributed by atoms with Crippen molar-refractivity contribution in [3.63, 3.8) is 0 Å². The summed E-state index contributed by atoms with van der Waals surface area (Å²) in [4.78, 5) is 2.35. The number of benzene rings is 1. The van der Waals surface area contributed by atoms with Gasteiger partial charge in [-0.3, -0.25) is 0 Å². The second-order valence-electron chi connectivity index (χ2n) is 4.34. The lowest BCUT2D eigenvalue weighted by Crippen LogP contribution is -2.19. The van der Waals surface area contributed by atoms with E-state index in [-0.39, 0.29) is 0 Å². The Morgan fingerprint density at radius 3 is 3.16 bits per heavy atom. The normalized spacial score (nSPS) is 13.7. The van der Waals surface area contributed by atoms with E-state index in [4.69, 9.17) is 4.74 Å². The first kappa shape index (κ1) is 12.9. The van der Waals surface area contributed by atoms with Crippen molar-refractivity contribution >= 4 is 33.0 Å². The van der Waals surface area contributed by atoms with Crippen molar-refractivity contribution in [2.75, 3.05) is 18.1 Å². The zero-order valence-electron chi connectivity index (χ0n) is 10.6. The molecule has 1 aliphatic rings. The van der Waals surface area contributed by atoms with Crippen LogP contribution in [-0.4, -0.2) is 23.3 Å². The molecule has 1 aliphatic heterocycles. The molecule has 0 amide bonds. The minimum Gasteiger partial charge on any atom is -0.469 e. The quantitative estimate of drug-likeness (QED) is 0.856. The summed E-state index contributed by atoms with van der Waals surface area (Å²) < 4.78 is 6.50. The molecule has 0 radical (unpaired) electrons. The summed E-state index contributed by atoms with van der Waals surface area (Å²) in [5.74, 6) is 0. The molecule has 0 saturated heterocycles. The first-order chi connectivity index (χ1) is 9.26. The maximum absolute atomic E-state index is 5.36. The van der Waals surface area contributed by atoms with Crippen LogP contribution >= 0.6 is 27.3 Å². The van der Waals surface area contributed by atoms with Gasteiger partial charge in [-0.2, -0.15) is 0 Å². The predicted octanol–water partition coefficient (Wildman–Crippen LogP) is 3.26. The number of rotatable bonds is 4. The molecular formula is C13H14BrN3OS. The Morgan fingerprint density at radius 1 is 1.42 bits per heavy atom. The van der Waals surface area contributed by atoms with Gasteiger partial charge in [-0.15, -0.1) is 5.10 Å². The van der Waals surface area contributed by atoms with Gasteiger partial charge in [0.2, 0.25) is 0 Å². The summed E-state index contributed by atoms with van der Waals surface area (Å²) in [6, 6.07) is 6.45. The highest BCUT2D eigenvalue weighted by molar-refractivity contribution is 9.10. The molecule has 100 valence electrons. The van der Waals surface area contributed by atoms with Crippen LogP contribution in [0.4, 0.5) is 5.69 Å². The maximum Gasteiger partial charge on any atom is 0.294 e. The molecule has 0 fully saturated rings. The number of halogens is 1. The first-order valence-electron chi connectivity index (χ1n) is 6.25. The van der Waals surface area contributed by atoms with Crippen molar-refractivity contribution in [2.24, 2.45) is 0 Å². The number of hydrogen-bond acceptors (Lipinski definition) is 5. The highest BCUT2D eigenvalue weighted by Crippen LogP contribution is 2.32. The van der Waals surface area contributed by atoms with E-state index in [1.54, 1.807) is 0 Å². The van der Waals surface area contributed by atoms with Gasteiger partial charge in [0.15, 0.2) is 0 Å². The lowest BCUT2D eigenvalue weighted by molar-refractivity contribution is 0.335. The van der Waals surface area contributed by atoms with Crippen LogP contribution in [0.1, 0.15) is 17.5 Å². The summed E-state index contributed by atoms with van der Waals surface area (Å²) in [5.41, 5.74) is 2.69. The Hall–Kier alpha value is -1.14. The number of anilines is 1. The van der Waals surface area contributed by atoms with Crippen molar-refractivity contribution in [1.29, 1.82) is 0 Å². The number of ether oxygens (including phenoxy) is 1. The van der Waals surface area contributed by atoms with E-state index < -0.39 is 0 Å². The van der Waals surface area contributed by atoms with Gasteiger partial charge in [-0.05, 0) is 37.1 Å². The molecule has 2 heterocycles. The van der Waals surface area contributed by atoms with E-state index in [0.717, 1.165) is 29.0 Å². The van der Waals surface area contributed by atoms with Crippen molar-refractivity contribution in [2.45, 2.75) is 19.9 Å². The SMILES string of the molecule is CCOc1nnc(CN2CCc3cc(Br)ccc32)s1. The number of hydrogen-bond donors (Lipinski definition) is 0. The van der Waals surface area contributed by atoms with Gasteiger partial charge >= 0.3 is 0 Å². The van der Waals surface area contributed by atoms with Crippen LogP contribution in [0.3, 0.4) is 0 Å². The van der Waals surface area contributed by atoms with Crippen LogP contribution in [0, 0.1) is 0 Å². The van der Waals surface area contributed by atoms with Crippen LogP contribution in [0.15, 0.2) is 22.7 Å². The Kier molecular flexibility index (Phi) is 3.70. The van der Waals surface area contributed by atoms with Crippen molar-refractivity contribution in [3.05, 3.63) is 33.2 Å². The lowest BCUT2D eigenvalue weighted by Gasteiger charge is -2.17. The Bertz CT molecular complexity index is 587. The molecule has 19 heavy (non-hydrogen) atoms. The molecule has 0 aliphatic carbocycles. The molecule has 4 nitrogen and oxygen atoms in total. The van der Waals surface area contributed by atoms with Gasteiger partial charge in [0.05, 0.1) is 13.2 Å². The van der Waals surface area contributed by atoms with Gasteiger partial charge < -0.3 is 9.64 Å². The van der Waals surface area contributed by atoms with Crippen LogP contribution in [-0.2, 0) is 13.0 Å². The number of aromatic nitrogens is 2. The van der Waals surface area contributed by atoms with Crippen molar-refractivity contribution < 1.29 is 4.74 Å². The van der Waals surface area contributed by atoms with Crippen LogP contribution < -0.4 is 9.64 Å². The van der Waals surface area contributed by atoms with Crippen molar-refractivity contribution in [3.8, 4) is 5.19 Å². The summed E-state index contributed by atoms with van der Waals surface area (Å²) in [6.45, 7) is 4.43. The van der Waals surface area contributed by atoms with Gasteiger partial charge in [-0.1, -0.05) is 32.4 Å². The predicted molar refractivity (Wildman–Crippen MR) is 80.0 cm³/mol. The molecule has 0 atom stereocenters. The molecule has 6 heteroatoms. The Labute approximate surface area is 124 Å². The third kappa shape index (κ3) is 2.74. The van der Waals surface area contributed by atoms with Crippen molar-refractivity contribution in [1.82, 2.24) is 10.2 Å². The molecule has 1 aromatic carbocycles. The summed E-state index contributed by atoms with van der Waals surface area (Å²) in [5, 5.41) is 9.87. The molecule has 2 aromatic rings. The number of nitrogens with zero attached hydrogens (tertiary/aromatic N) is 3. The van der Waals surface area contributed by atoms with E-state index in [1.807, 2.05) is 6.92 Å². The molecule has 0 bridgehead atoms. The molecule has 0 spiro atoms.